The van der Waals surface area contributed by atoms with Gasteiger partial charge in [-0.15, -0.1) is 0 Å². The first-order chi connectivity index (χ1) is 7.17. The summed E-state index contributed by atoms with van der Waals surface area (Å²) < 4.78 is 0. The molecule has 0 saturated heterocycles. The number of nitrogens with one attached hydrogen (secondary N) is 1. The van der Waals surface area contributed by atoms with Crippen LogP contribution in [0.3, 0.4) is 0 Å². The van der Waals surface area contributed by atoms with Crippen LogP contribution >= 0.6 is 11.8 Å². The Morgan fingerprint density at radius 1 is 1.60 bits per heavy atom. The van der Waals surface area contributed by atoms with Crippen LogP contribution in [0, 0.1) is 16.7 Å². The van der Waals surface area contributed by atoms with Gasteiger partial charge in [-0.3, -0.25) is 0 Å². The quantitative estimate of drug-likeness (QED) is 0.691. The third-order valence-corrected chi connectivity index (χ3v) is 4.41. The maximum atomic E-state index is 9.13. The predicted molar refractivity (Wildman–Crippen MR) is 63.8 cm³/mol. The van der Waals surface area contributed by atoms with E-state index in [1.54, 1.807) is 11.8 Å². The molecule has 0 bridgehead atoms. The summed E-state index contributed by atoms with van der Waals surface area (Å²) in [5.41, 5.74) is 0.251. The molecule has 1 aliphatic rings. The predicted octanol–water partition coefficient (Wildman–Crippen LogP) is 1.38. The molecule has 1 saturated carbocycles. The Morgan fingerprint density at radius 3 is 2.67 bits per heavy atom. The first kappa shape index (κ1) is 12.8. The van der Waals surface area contributed by atoms with E-state index in [9.17, 15) is 0 Å². The normalized spacial score (nSPS) is 21.7. The van der Waals surface area contributed by atoms with Gasteiger partial charge in [0.2, 0.25) is 0 Å². The van der Waals surface area contributed by atoms with Crippen molar-refractivity contribution in [2.45, 2.75) is 37.5 Å². The fourth-order valence-electron chi connectivity index (χ4n) is 1.71. The molecule has 1 rings (SSSR count). The number of hydrogen-bond acceptors (Lipinski definition) is 4. The zero-order valence-electron chi connectivity index (χ0n) is 9.49. The SMILES string of the molecule is CSC(CO)C(C)NCC1(CC#N)CC1. The Labute approximate surface area is 96.2 Å². The van der Waals surface area contributed by atoms with Crippen LogP contribution in [0.5, 0.6) is 0 Å². The molecule has 2 unspecified atom stereocenters. The van der Waals surface area contributed by atoms with E-state index in [4.69, 9.17) is 10.4 Å². The second-order valence-electron chi connectivity index (χ2n) is 4.46. The molecule has 0 radical (unpaired) electrons. The molecule has 4 heteroatoms. The molecule has 0 spiro atoms. The lowest BCUT2D eigenvalue weighted by Crippen LogP contribution is -2.40. The molecule has 3 nitrogen and oxygen atoms in total. The van der Waals surface area contributed by atoms with Crippen LogP contribution in [0.15, 0.2) is 0 Å². The van der Waals surface area contributed by atoms with Gasteiger partial charge in [0.1, 0.15) is 0 Å². The second-order valence-corrected chi connectivity index (χ2v) is 5.54. The Hall–Kier alpha value is -0.240. The molecule has 2 N–H and O–H groups in total. The number of hydrogen-bond donors (Lipinski definition) is 2. The molecule has 0 aromatic heterocycles. The van der Waals surface area contributed by atoms with Crippen LogP contribution < -0.4 is 5.32 Å². The fourth-order valence-corrected chi connectivity index (χ4v) is 2.36. The maximum absolute atomic E-state index is 9.13. The lowest BCUT2D eigenvalue weighted by atomic mass is 10.0. The van der Waals surface area contributed by atoms with Gasteiger partial charge >= 0.3 is 0 Å². The molecular weight excluding hydrogens is 208 g/mol. The number of thioether (sulfide) groups is 1. The first-order valence-corrected chi connectivity index (χ1v) is 6.70. The second kappa shape index (κ2) is 5.74. The third kappa shape index (κ3) is 3.67. The van der Waals surface area contributed by atoms with E-state index in [0.29, 0.717) is 12.5 Å². The summed E-state index contributed by atoms with van der Waals surface area (Å²) in [5.74, 6) is 0. The zero-order chi connectivity index (χ0) is 11.3. The van der Waals surface area contributed by atoms with E-state index in [2.05, 4.69) is 18.3 Å². The van der Waals surface area contributed by atoms with Crippen LogP contribution in [0.4, 0.5) is 0 Å². The van der Waals surface area contributed by atoms with Crippen LogP contribution in [-0.2, 0) is 0 Å². The van der Waals surface area contributed by atoms with Crippen molar-refractivity contribution in [2.24, 2.45) is 5.41 Å². The summed E-state index contributed by atoms with van der Waals surface area (Å²) in [7, 11) is 0. The van der Waals surface area contributed by atoms with Crippen molar-refractivity contribution in [3.63, 3.8) is 0 Å². The van der Waals surface area contributed by atoms with E-state index in [1.807, 2.05) is 6.26 Å². The number of aliphatic hydroxyl groups is 1. The topological polar surface area (TPSA) is 56.0 Å². The minimum absolute atomic E-state index is 0.209. The van der Waals surface area contributed by atoms with Gasteiger partial charge in [0, 0.05) is 24.3 Å². The maximum Gasteiger partial charge on any atom is 0.0628 e. The average Bonchev–Trinajstić information content (AvgIpc) is 2.98. The first-order valence-electron chi connectivity index (χ1n) is 5.41. The summed E-state index contributed by atoms with van der Waals surface area (Å²) >= 11 is 1.68. The Bertz CT molecular complexity index is 231. The van der Waals surface area contributed by atoms with E-state index < -0.39 is 0 Å². The van der Waals surface area contributed by atoms with Crippen LogP contribution in [0.1, 0.15) is 26.2 Å². The van der Waals surface area contributed by atoms with E-state index in [1.165, 1.54) is 12.8 Å². The van der Waals surface area contributed by atoms with Crippen LogP contribution in [0.2, 0.25) is 0 Å². The van der Waals surface area contributed by atoms with Gasteiger partial charge in [-0.25, -0.2) is 0 Å². The standard InChI is InChI=1S/C11H20N2OS/c1-9(10(7-14)15-2)13-8-11(3-4-11)5-6-12/h9-10,13-14H,3-5,7-8H2,1-2H3. The highest BCUT2D eigenvalue weighted by Gasteiger charge is 2.42. The van der Waals surface area contributed by atoms with Crippen molar-refractivity contribution < 1.29 is 5.11 Å². The largest absolute Gasteiger partial charge is 0.395 e. The smallest absolute Gasteiger partial charge is 0.0628 e. The zero-order valence-corrected chi connectivity index (χ0v) is 10.3. The van der Waals surface area contributed by atoms with Gasteiger partial charge < -0.3 is 10.4 Å². The molecule has 0 heterocycles. The summed E-state index contributed by atoms with van der Waals surface area (Å²) in [6, 6.07) is 2.56. The van der Waals surface area contributed by atoms with E-state index in [-0.39, 0.29) is 17.3 Å². The number of aliphatic hydroxyl groups excluding tert-OH is 1. The van der Waals surface area contributed by atoms with Crippen molar-refractivity contribution in [2.75, 3.05) is 19.4 Å². The Balaban J connectivity index is 2.27. The molecule has 0 aromatic rings. The van der Waals surface area contributed by atoms with Crippen molar-refractivity contribution >= 4 is 11.8 Å². The minimum atomic E-state index is 0.209. The summed E-state index contributed by atoms with van der Waals surface area (Å²) in [6.07, 6.45) is 5.02. The highest BCUT2D eigenvalue weighted by molar-refractivity contribution is 7.99. The fraction of sp³-hybridized carbons (Fsp3) is 0.909. The molecule has 1 fully saturated rings. The lowest BCUT2D eigenvalue weighted by molar-refractivity contribution is 0.272. The van der Waals surface area contributed by atoms with Crippen LogP contribution in [0.25, 0.3) is 0 Å². The molecule has 0 aliphatic heterocycles. The number of rotatable bonds is 7. The summed E-state index contributed by atoms with van der Waals surface area (Å²) in [6.45, 7) is 3.22. The van der Waals surface area contributed by atoms with Crippen LogP contribution in [-0.4, -0.2) is 35.8 Å². The summed E-state index contributed by atoms with van der Waals surface area (Å²) in [5, 5.41) is 21.5. The molecule has 2 atom stereocenters. The van der Waals surface area contributed by atoms with E-state index in [0.717, 1.165) is 6.54 Å². The molecule has 1 aliphatic carbocycles. The Kier molecular flexibility index (Phi) is 4.91. The van der Waals surface area contributed by atoms with Gasteiger partial charge in [-0.2, -0.15) is 17.0 Å². The Morgan fingerprint density at radius 2 is 2.27 bits per heavy atom. The van der Waals surface area contributed by atoms with Gasteiger partial charge in [-0.1, -0.05) is 0 Å². The summed E-state index contributed by atoms with van der Waals surface area (Å²) in [4.78, 5) is 0. The molecule has 0 aromatic carbocycles. The molecule has 0 amide bonds. The van der Waals surface area contributed by atoms with Gasteiger partial charge in [-0.05, 0) is 31.4 Å². The van der Waals surface area contributed by atoms with Crippen molar-refractivity contribution in [3.8, 4) is 6.07 Å². The third-order valence-electron chi connectivity index (χ3n) is 3.25. The van der Waals surface area contributed by atoms with Crippen molar-refractivity contribution in [1.82, 2.24) is 5.32 Å². The number of nitrogens with zero attached hydrogens (tertiary/aromatic N) is 1. The van der Waals surface area contributed by atoms with Crippen molar-refractivity contribution in [1.29, 1.82) is 5.26 Å². The number of nitriles is 1. The highest BCUT2D eigenvalue weighted by Crippen LogP contribution is 2.47. The van der Waals surface area contributed by atoms with Gasteiger partial charge in [0.15, 0.2) is 0 Å². The van der Waals surface area contributed by atoms with E-state index >= 15 is 0 Å². The molecule has 15 heavy (non-hydrogen) atoms. The van der Waals surface area contributed by atoms with Gasteiger partial charge in [0.05, 0.1) is 12.7 Å². The lowest BCUT2D eigenvalue weighted by Gasteiger charge is -2.23. The molecular formula is C11H20N2OS. The monoisotopic (exact) mass is 228 g/mol. The van der Waals surface area contributed by atoms with Crippen molar-refractivity contribution in [3.05, 3.63) is 0 Å². The van der Waals surface area contributed by atoms with Gasteiger partial charge in [0.25, 0.3) is 0 Å². The molecule has 86 valence electrons. The average molecular weight is 228 g/mol. The highest BCUT2D eigenvalue weighted by atomic mass is 32.2. The minimum Gasteiger partial charge on any atom is -0.395 e.